The lowest BCUT2D eigenvalue weighted by Crippen LogP contribution is -2.25. The standard InChI is InChI=1S/C14H24O3/c1-4-16-14-7-11-6-12(10(3)8-15)9(2)5-13(11)17-14/h10-11,13-15H,4-8H2,1-3H3/t10-,11+,13+,14?/m0/s1. The van der Waals surface area contributed by atoms with Gasteiger partial charge in [0.15, 0.2) is 6.29 Å². The summed E-state index contributed by atoms with van der Waals surface area (Å²) in [6.07, 6.45) is 3.41. The summed E-state index contributed by atoms with van der Waals surface area (Å²) < 4.78 is 11.5. The second-order valence-corrected chi connectivity index (χ2v) is 5.35. The average Bonchev–Trinajstić information content (AvgIpc) is 2.69. The van der Waals surface area contributed by atoms with Crippen molar-refractivity contribution < 1.29 is 14.6 Å². The molecule has 0 saturated carbocycles. The van der Waals surface area contributed by atoms with Gasteiger partial charge in [-0.2, -0.15) is 0 Å². The molecule has 3 heteroatoms. The molecule has 0 aromatic carbocycles. The molecule has 2 aliphatic rings. The van der Waals surface area contributed by atoms with Gasteiger partial charge in [0.05, 0.1) is 6.10 Å². The Kier molecular flexibility index (Phi) is 4.23. The molecule has 0 aromatic heterocycles. The van der Waals surface area contributed by atoms with E-state index in [0.717, 1.165) is 25.9 Å². The molecular weight excluding hydrogens is 216 g/mol. The molecule has 4 atom stereocenters. The Morgan fingerprint density at radius 1 is 1.47 bits per heavy atom. The summed E-state index contributed by atoms with van der Waals surface area (Å²) in [5.41, 5.74) is 2.85. The summed E-state index contributed by atoms with van der Waals surface area (Å²) in [5.74, 6) is 0.876. The first kappa shape index (κ1) is 13.1. The van der Waals surface area contributed by atoms with Gasteiger partial charge in [0.25, 0.3) is 0 Å². The summed E-state index contributed by atoms with van der Waals surface area (Å²) in [6, 6.07) is 0. The fourth-order valence-electron chi connectivity index (χ4n) is 3.10. The van der Waals surface area contributed by atoms with Crippen molar-refractivity contribution >= 4 is 0 Å². The number of aliphatic hydroxyl groups excluding tert-OH is 1. The van der Waals surface area contributed by atoms with Crippen molar-refractivity contribution in [3.05, 3.63) is 11.1 Å². The molecule has 0 radical (unpaired) electrons. The van der Waals surface area contributed by atoms with Crippen molar-refractivity contribution in [3.8, 4) is 0 Å². The van der Waals surface area contributed by atoms with Gasteiger partial charge < -0.3 is 14.6 Å². The number of fused-ring (bicyclic) bond motifs is 1. The highest BCUT2D eigenvalue weighted by molar-refractivity contribution is 5.21. The lowest BCUT2D eigenvalue weighted by molar-refractivity contribution is -0.130. The number of hydrogen-bond acceptors (Lipinski definition) is 3. The lowest BCUT2D eigenvalue weighted by Gasteiger charge is -2.30. The highest BCUT2D eigenvalue weighted by Crippen LogP contribution is 2.42. The highest BCUT2D eigenvalue weighted by Gasteiger charge is 2.39. The SMILES string of the molecule is CCOC1C[C@H]2CC([C@@H](C)CO)=C(C)C[C@H]2O1. The number of ether oxygens (including phenoxy) is 2. The first-order valence-corrected chi connectivity index (χ1v) is 6.72. The van der Waals surface area contributed by atoms with E-state index in [-0.39, 0.29) is 12.9 Å². The third-order valence-corrected chi connectivity index (χ3v) is 4.11. The van der Waals surface area contributed by atoms with E-state index in [4.69, 9.17) is 9.47 Å². The summed E-state index contributed by atoms with van der Waals surface area (Å²) in [7, 11) is 0. The highest BCUT2D eigenvalue weighted by atomic mass is 16.7. The van der Waals surface area contributed by atoms with Crippen molar-refractivity contribution in [1.29, 1.82) is 0 Å². The molecule has 1 aliphatic heterocycles. The molecule has 1 N–H and O–H groups in total. The van der Waals surface area contributed by atoms with E-state index >= 15 is 0 Å². The van der Waals surface area contributed by atoms with Gasteiger partial charge in [-0.3, -0.25) is 0 Å². The maximum atomic E-state index is 9.29. The molecule has 1 unspecified atom stereocenters. The van der Waals surface area contributed by atoms with Crippen LogP contribution in [0.5, 0.6) is 0 Å². The quantitative estimate of drug-likeness (QED) is 0.767. The van der Waals surface area contributed by atoms with Gasteiger partial charge in [0.1, 0.15) is 0 Å². The Hall–Kier alpha value is -0.380. The zero-order valence-corrected chi connectivity index (χ0v) is 11.1. The third-order valence-electron chi connectivity index (χ3n) is 4.11. The Morgan fingerprint density at radius 3 is 2.88 bits per heavy atom. The smallest absolute Gasteiger partial charge is 0.158 e. The van der Waals surface area contributed by atoms with Gasteiger partial charge in [-0.25, -0.2) is 0 Å². The van der Waals surface area contributed by atoms with Crippen LogP contribution in [0.4, 0.5) is 0 Å². The van der Waals surface area contributed by atoms with Crippen LogP contribution in [-0.2, 0) is 9.47 Å². The fourth-order valence-corrected chi connectivity index (χ4v) is 3.10. The van der Waals surface area contributed by atoms with Crippen LogP contribution < -0.4 is 0 Å². The summed E-state index contributed by atoms with van der Waals surface area (Å²) in [4.78, 5) is 0. The Bertz CT molecular complexity index is 298. The van der Waals surface area contributed by atoms with Crippen LogP contribution in [0.25, 0.3) is 0 Å². The molecule has 17 heavy (non-hydrogen) atoms. The molecule has 0 bridgehead atoms. The summed E-state index contributed by atoms with van der Waals surface area (Å²) in [6.45, 7) is 7.26. The van der Waals surface area contributed by atoms with Crippen molar-refractivity contribution in [2.45, 2.75) is 52.4 Å². The average molecular weight is 240 g/mol. The van der Waals surface area contributed by atoms with Crippen LogP contribution in [0.2, 0.25) is 0 Å². The largest absolute Gasteiger partial charge is 0.396 e. The predicted octanol–water partition coefficient (Wildman–Crippen LogP) is 2.49. The fraction of sp³-hybridized carbons (Fsp3) is 0.857. The molecule has 1 fully saturated rings. The number of hydrogen-bond donors (Lipinski definition) is 1. The van der Waals surface area contributed by atoms with Crippen LogP contribution in [0.15, 0.2) is 11.1 Å². The maximum absolute atomic E-state index is 9.29. The van der Waals surface area contributed by atoms with Gasteiger partial charge in [-0.15, -0.1) is 0 Å². The van der Waals surface area contributed by atoms with E-state index in [9.17, 15) is 5.11 Å². The molecule has 0 amide bonds. The van der Waals surface area contributed by atoms with Crippen molar-refractivity contribution in [1.82, 2.24) is 0 Å². The van der Waals surface area contributed by atoms with Crippen LogP contribution in [0, 0.1) is 11.8 Å². The lowest BCUT2D eigenvalue weighted by atomic mass is 9.78. The second kappa shape index (κ2) is 5.51. The van der Waals surface area contributed by atoms with Gasteiger partial charge in [0.2, 0.25) is 0 Å². The van der Waals surface area contributed by atoms with E-state index in [1.54, 1.807) is 0 Å². The van der Waals surface area contributed by atoms with Crippen molar-refractivity contribution in [2.24, 2.45) is 11.8 Å². The molecule has 3 nitrogen and oxygen atoms in total. The van der Waals surface area contributed by atoms with Gasteiger partial charge in [-0.05, 0) is 32.6 Å². The molecule has 2 rings (SSSR count). The summed E-state index contributed by atoms with van der Waals surface area (Å²) >= 11 is 0. The maximum Gasteiger partial charge on any atom is 0.158 e. The van der Waals surface area contributed by atoms with Crippen LogP contribution in [0.3, 0.4) is 0 Å². The van der Waals surface area contributed by atoms with E-state index < -0.39 is 0 Å². The normalized spacial score (nSPS) is 34.9. The molecule has 1 heterocycles. The first-order chi connectivity index (χ1) is 8.15. The molecular formula is C14H24O3. The minimum Gasteiger partial charge on any atom is -0.396 e. The van der Waals surface area contributed by atoms with Gasteiger partial charge >= 0.3 is 0 Å². The molecule has 1 aliphatic carbocycles. The van der Waals surface area contributed by atoms with E-state index in [2.05, 4.69) is 13.8 Å². The van der Waals surface area contributed by atoms with Crippen LogP contribution in [-0.4, -0.2) is 30.7 Å². The van der Waals surface area contributed by atoms with Crippen LogP contribution in [0.1, 0.15) is 40.0 Å². The molecule has 1 saturated heterocycles. The monoisotopic (exact) mass is 240 g/mol. The Morgan fingerprint density at radius 2 is 2.24 bits per heavy atom. The summed E-state index contributed by atoms with van der Waals surface area (Å²) in [5, 5.41) is 9.29. The predicted molar refractivity (Wildman–Crippen MR) is 66.6 cm³/mol. The minimum absolute atomic E-state index is 0.00779. The molecule has 0 aromatic rings. The number of aliphatic hydroxyl groups is 1. The Balaban J connectivity index is 2.01. The second-order valence-electron chi connectivity index (χ2n) is 5.35. The van der Waals surface area contributed by atoms with E-state index in [1.165, 1.54) is 11.1 Å². The minimum atomic E-state index is -0.00779. The topological polar surface area (TPSA) is 38.7 Å². The zero-order chi connectivity index (χ0) is 12.4. The van der Waals surface area contributed by atoms with Gasteiger partial charge in [0, 0.05) is 25.6 Å². The Labute approximate surface area is 104 Å². The van der Waals surface area contributed by atoms with Crippen LogP contribution >= 0.6 is 0 Å². The van der Waals surface area contributed by atoms with E-state index in [0.29, 0.717) is 17.9 Å². The number of rotatable bonds is 4. The van der Waals surface area contributed by atoms with Crippen molar-refractivity contribution in [2.75, 3.05) is 13.2 Å². The van der Waals surface area contributed by atoms with Gasteiger partial charge in [-0.1, -0.05) is 18.1 Å². The van der Waals surface area contributed by atoms with Crippen molar-refractivity contribution in [3.63, 3.8) is 0 Å². The third kappa shape index (κ3) is 2.72. The molecule has 0 spiro atoms. The first-order valence-electron chi connectivity index (χ1n) is 6.72. The van der Waals surface area contributed by atoms with E-state index in [1.807, 2.05) is 6.92 Å². The molecule has 98 valence electrons. The zero-order valence-electron chi connectivity index (χ0n) is 11.1.